The smallest absolute Gasteiger partial charge is 0.146 e. The van der Waals surface area contributed by atoms with Gasteiger partial charge < -0.3 is 9.47 Å². The van der Waals surface area contributed by atoms with Crippen LogP contribution in [0.2, 0.25) is 0 Å². The number of benzene rings is 1. The van der Waals surface area contributed by atoms with Crippen LogP contribution in [0.3, 0.4) is 0 Å². The zero-order chi connectivity index (χ0) is 13.1. The molecule has 2 nitrogen and oxygen atoms in total. The Morgan fingerprint density at radius 3 is 2.67 bits per heavy atom. The van der Waals surface area contributed by atoms with E-state index < -0.39 is 6.67 Å². The van der Waals surface area contributed by atoms with E-state index in [1.54, 1.807) is 6.08 Å². The Balaban J connectivity index is 2.25. The molecule has 0 aromatic heterocycles. The van der Waals surface area contributed by atoms with Crippen molar-refractivity contribution in [2.45, 2.75) is 13.5 Å². The van der Waals surface area contributed by atoms with Gasteiger partial charge in [0.1, 0.15) is 19.0 Å². The first-order valence-corrected chi connectivity index (χ1v) is 5.97. The molecule has 1 aromatic carbocycles. The molecule has 0 spiro atoms. The summed E-state index contributed by atoms with van der Waals surface area (Å²) in [7, 11) is 0. The predicted molar refractivity (Wildman–Crippen MR) is 70.9 cm³/mol. The van der Waals surface area contributed by atoms with Crippen molar-refractivity contribution in [3.8, 4) is 0 Å². The highest BCUT2D eigenvalue weighted by Crippen LogP contribution is 2.02. The summed E-state index contributed by atoms with van der Waals surface area (Å²) in [5, 5.41) is 0. The molecule has 0 unspecified atom stereocenters. The average Bonchev–Trinajstić information content (AvgIpc) is 2.43. The van der Waals surface area contributed by atoms with Crippen molar-refractivity contribution in [2.24, 2.45) is 0 Å². The molecule has 18 heavy (non-hydrogen) atoms. The number of hydrogen-bond donors (Lipinski definition) is 0. The molecule has 1 aromatic rings. The van der Waals surface area contributed by atoms with Crippen LogP contribution in [0.25, 0.3) is 0 Å². The van der Waals surface area contributed by atoms with E-state index in [4.69, 9.17) is 9.47 Å². The van der Waals surface area contributed by atoms with E-state index in [1.807, 2.05) is 49.4 Å². The lowest BCUT2D eigenvalue weighted by molar-refractivity contribution is 0.141. The second-order valence-corrected chi connectivity index (χ2v) is 3.68. The Hall–Kier alpha value is -1.61. The summed E-state index contributed by atoms with van der Waals surface area (Å²) in [5.74, 6) is 0.321. The van der Waals surface area contributed by atoms with E-state index >= 15 is 0 Å². The van der Waals surface area contributed by atoms with Crippen molar-refractivity contribution < 1.29 is 13.9 Å². The molecule has 0 fully saturated rings. The SMILES string of the molecule is C/C=C\CO/C(=C\COCc1ccccc1)CF. The lowest BCUT2D eigenvalue weighted by atomic mass is 10.2. The summed E-state index contributed by atoms with van der Waals surface area (Å²) in [6.45, 7) is 2.55. The zero-order valence-corrected chi connectivity index (χ0v) is 10.6. The van der Waals surface area contributed by atoms with Crippen LogP contribution in [0, 0.1) is 0 Å². The molecular formula is C15H19FO2. The first-order chi connectivity index (χ1) is 8.86. The van der Waals surface area contributed by atoms with E-state index in [0.29, 0.717) is 25.6 Å². The van der Waals surface area contributed by atoms with Gasteiger partial charge in [0.05, 0.1) is 13.2 Å². The maximum Gasteiger partial charge on any atom is 0.146 e. The number of alkyl halides is 1. The summed E-state index contributed by atoms with van der Waals surface area (Å²) in [6.07, 6.45) is 5.32. The molecule has 0 heterocycles. The van der Waals surface area contributed by atoms with Gasteiger partial charge in [0.15, 0.2) is 0 Å². The summed E-state index contributed by atoms with van der Waals surface area (Å²) >= 11 is 0. The summed E-state index contributed by atoms with van der Waals surface area (Å²) in [5.41, 5.74) is 1.10. The van der Waals surface area contributed by atoms with Crippen molar-refractivity contribution in [3.05, 3.63) is 59.9 Å². The molecule has 1 rings (SSSR count). The second-order valence-electron chi connectivity index (χ2n) is 3.68. The fraction of sp³-hybridized carbons (Fsp3) is 0.333. The molecule has 0 atom stereocenters. The first kappa shape index (κ1) is 14.5. The Kier molecular flexibility index (Phi) is 7.57. The minimum absolute atomic E-state index is 0.321. The highest BCUT2D eigenvalue weighted by atomic mass is 19.1. The Morgan fingerprint density at radius 1 is 1.22 bits per heavy atom. The lowest BCUT2D eigenvalue weighted by Gasteiger charge is -2.05. The van der Waals surface area contributed by atoms with Crippen LogP contribution < -0.4 is 0 Å². The minimum Gasteiger partial charge on any atom is -0.491 e. The molecule has 0 aliphatic heterocycles. The largest absolute Gasteiger partial charge is 0.491 e. The molecule has 3 heteroatoms. The molecule has 0 saturated heterocycles. The monoisotopic (exact) mass is 250 g/mol. The molecule has 0 aliphatic carbocycles. The van der Waals surface area contributed by atoms with Gasteiger partial charge in [0, 0.05) is 0 Å². The molecule has 0 bridgehead atoms. The van der Waals surface area contributed by atoms with E-state index in [1.165, 1.54) is 0 Å². The van der Waals surface area contributed by atoms with Gasteiger partial charge in [-0.1, -0.05) is 42.5 Å². The first-order valence-electron chi connectivity index (χ1n) is 5.97. The minimum atomic E-state index is -0.605. The third-order valence-corrected chi connectivity index (χ3v) is 2.27. The molecule has 0 N–H and O–H groups in total. The Labute approximate surface area is 108 Å². The highest BCUT2D eigenvalue weighted by molar-refractivity contribution is 5.13. The van der Waals surface area contributed by atoms with Gasteiger partial charge in [0.2, 0.25) is 0 Å². The fourth-order valence-corrected chi connectivity index (χ4v) is 1.31. The third-order valence-electron chi connectivity index (χ3n) is 2.27. The molecule has 98 valence electrons. The number of allylic oxidation sites excluding steroid dienone is 2. The van der Waals surface area contributed by atoms with Crippen LogP contribution >= 0.6 is 0 Å². The van der Waals surface area contributed by atoms with Crippen molar-refractivity contribution in [3.63, 3.8) is 0 Å². The second kappa shape index (κ2) is 9.42. The standard InChI is InChI=1S/C15H19FO2/c1-2-3-10-18-15(12-16)9-11-17-13-14-7-5-4-6-8-14/h2-9H,10-13H2,1H3/b3-2-,15-9-. The van der Waals surface area contributed by atoms with Crippen LogP contribution in [0.4, 0.5) is 4.39 Å². The van der Waals surface area contributed by atoms with E-state index in [-0.39, 0.29) is 0 Å². The fourth-order valence-electron chi connectivity index (χ4n) is 1.31. The third kappa shape index (κ3) is 6.21. The number of hydrogen-bond acceptors (Lipinski definition) is 2. The Morgan fingerprint density at radius 2 is 2.00 bits per heavy atom. The number of halogens is 1. The average molecular weight is 250 g/mol. The van der Waals surface area contributed by atoms with Gasteiger partial charge in [-0.15, -0.1) is 0 Å². The van der Waals surface area contributed by atoms with Gasteiger partial charge in [-0.3, -0.25) is 0 Å². The van der Waals surface area contributed by atoms with E-state index in [0.717, 1.165) is 5.56 Å². The van der Waals surface area contributed by atoms with Gasteiger partial charge in [-0.2, -0.15) is 0 Å². The van der Waals surface area contributed by atoms with Crippen molar-refractivity contribution in [1.29, 1.82) is 0 Å². The quantitative estimate of drug-likeness (QED) is 0.398. The van der Waals surface area contributed by atoms with Crippen LogP contribution in [0.1, 0.15) is 12.5 Å². The summed E-state index contributed by atoms with van der Waals surface area (Å²) in [6, 6.07) is 9.85. The van der Waals surface area contributed by atoms with Crippen molar-refractivity contribution in [2.75, 3.05) is 19.9 Å². The number of rotatable bonds is 8. The van der Waals surface area contributed by atoms with Gasteiger partial charge in [-0.25, -0.2) is 4.39 Å². The van der Waals surface area contributed by atoms with Gasteiger partial charge >= 0.3 is 0 Å². The molecule has 0 saturated carbocycles. The summed E-state index contributed by atoms with van der Waals surface area (Å²) < 4.78 is 23.2. The normalized spacial score (nSPS) is 12.0. The zero-order valence-electron chi connectivity index (χ0n) is 10.6. The summed E-state index contributed by atoms with van der Waals surface area (Å²) in [4.78, 5) is 0. The Bertz CT molecular complexity index is 371. The molecule has 0 aliphatic rings. The van der Waals surface area contributed by atoms with Crippen molar-refractivity contribution in [1.82, 2.24) is 0 Å². The van der Waals surface area contributed by atoms with Crippen LogP contribution in [-0.2, 0) is 16.1 Å². The van der Waals surface area contributed by atoms with Crippen molar-refractivity contribution >= 4 is 0 Å². The lowest BCUT2D eigenvalue weighted by Crippen LogP contribution is -1.99. The molecule has 0 amide bonds. The number of ether oxygens (including phenoxy) is 2. The van der Waals surface area contributed by atoms with E-state index in [2.05, 4.69) is 0 Å². The van der Waals surface area contributed by atoms with Crippen LogP contribution in [0.5, 0.6) is 0 Å². The topological polar surface area (TPSA) is 18.5 Å². The van der Waals surface area contributed by atoms with Gasteiger partial charge in [-0.05, 0) is 18.6 Å². The van der Waals surface area contributed by atoms with E-state index in [9.17, 15) is 4.39 Å². The maximum atomic E-state index is 12.6. The molecular weight excluding hydrogens is 231 g/mol. The molecule has 0 radical (unpaired) electrons. The van der Waals surface area contributed by atoms with Crippen LogP contribution in [0.15, 0.2) is 54.3 Å². The van der Waals surface area contributed by atoms with Crippen LogP contribution in [-0.4, -0.2) is 19.9 Å². The predicted octanol–water partition coefficient (Wildman–Crippen LogP) is 3.65. The van der Waals surface area contributed by atoms with Gasteiger partial charge in [0.25, 0.3) is 0 Å². The highest BCUT2D eigenvalue weighted by Gasteiger charge is 1.96. The maximum absolute atomic E-state index is 12.6.